The summed E-state index contributed by atoms with van der Waals surface area (Å²) in [5.41, 5.74) is 0.844. The van der Waals surface area contributed by atoms with E-state index in [1.807, 2.05) is 0 Å². The van der Waals surface area contributed by atoms with E-state index in [0.717, 1.165) is 37.7 Å². The molecule has 9 heteroatoms. The van der Waals surface area contributed by atoms with Crippen molar-refractivity contribution in [2.24, 2.45) is 4.99 Å². The highest BCUT2D eigenvalue weighted by Gasteiger charge is 2.34. The molecule has 0 N–H and O–H groups in total. The Hall–Kier alpha value is -2.35. The molecule has 2 aliphatic rings. The summed E-state index contributed by atoms with van der Waals surface area (Å²) in [6.45, 7) is 1.48. The molecule has 1 saturated heterocycles. The summed E-state index contributed by atoms with van der Waals surface area (Å²) in [4.78, 5) is 33.0. The molecule has 0 spiro atoms. The van der Waals surface area contributed by atoms with Crippen LogP contribution in [-0.4, -0.2) is 40.7 Å². The number of carbonyl (C=O) groups excluding carboxylic acids is 2. The van der Waals surface area contributed by atoms with E-state index in [9.17, 15) is 14.0 Å². The zero-order valence-electron chi connectivity index (χ0n) is 16.4. The lowest BCUT2D eigenvalue weighted by Crippen LogP contribution is -2.33. The molecule has 2 heterocycles. The zero-order chi connectivity index (χ0) is 22.0. The zero-order valence-corrected chi connectivity index (χ0v) is 18.7. The van der Waals surface area contributed by atoms with Crippen molar-refractivity contribution in [2.45, 2.75) is 12.8 Å². The number of hydrogen-bond donors (Lipinski definition) is 0. The molecule has 0 radical (unpaired) electrons. The molecule has 0 aromatic heterocycles. The number of thioether (sulfide) groups is 1. The number of rotatable bonds is 4. The van der Waals surface area contributed by atoms with Crippen molar-refractivity contribution in [3.8, 4) is 0 Å². The molecule has 31 heavy (non-hydrogen) atoms. The summed E-state index contributed by atoms with van der Waals surface area (Å²) in [5, 5.41) is 1.01. The van der Waals surface area contributed by atoms with Gasteiger partial charge in [-0.1, -0.05) is 53.2 Å². The Kier molecular flexibility index (Phi) is 6.65. The molecule has 4 rings (SSSR count). The second-order valence-electron chi connectivity index (χ2n) is 7.07. The predicted octanol–water partition coefficient (Wildman–Crippen LogP) is 5.23. The molecule has 0 aliphatic carbocycles. The minimum absolute atomic E-state index is 0.0203. The highest BCUT2D eigenvalue weighted by Crippen LogP contribution is 2.32. The topological polar surface area (TPSA) is 53.0 Å². The van der Waals surface area contributed by atoms with Gasteiger partial charge in [0.1, 0.15) is 11.5 Å². The molecule has 0 saturated carbocycles. The van der Waals surface area contributed by atoms with E-state index in [1.165, 1.54) is 17.0 Å². The van der Waals surface area contributed by atoms with Crippen molar-refractivity contribution >= 4 is 63.7 Å². The quantitative estimate of drug-likeness (QED) is 0.566. The summed E-state index contributed by atoms with van der Waals surface area (Å²) >= 11 is 13.1. The Morgan fingerprint density at radius 2 is 1.87 bits per heavy atom. The average molecular weight is 478 g/mol. The minimum atomic E-state index is -0.550. The van der Waals surface area contributed by atoms with Gasteiger partial charge in [-0.25, -0.2) is 9.38 Å². The number of carbonyl (C=O) groups is 2. The number of halogens is 3. The van der Waals surface area contributed by atoms with Gasteiger partial charge in [0.2, 0.25) is 5.91 Å². The Labute approximate surface area is 193 Å². The summed E-state index contributed by atoms with van der Waals surface area (Å²) in [6.07, 6.45) is 3.55. The number of likely N-dealkylation sites (tertiary alicyclic amines) is 1. The summed E-state index contributed by atoms with van der Waals surface area (Å²) in [7, 11) is 0. The standard InChI is InChI=1S/C22H18Cl2FN3O2S/c23-15-8-7-14(11-16(15)24)12-18-21(30)28(19-6-2-1-5-17(19)25)22(26-18)31-13-20(29)27-9-3-4-10-27/h1-2,5-8,11-12H,3-4,9-10,13H2/b18-12+. The van der Waals surface area contributed by atoms with Gasteiger partial charge in [0.25, 0.3) is 5.91 Å². The molecular formula is C22H18Cl2FN3O2S. The van der Waals surface area contributed by atoms with Crippen LogP contribution in [0.1, 0.15) is 18.4 Å². The smallest absolute Gasteiger partial charge is 0.283 e. The van der Waals surface area contributed by atoms with Crippen molar-refractivity contribution in [3.63, 3.8) is 0 Å². The van der Waals surface area contributed by atoms with E-state index < -0.39 is 11.7 Å². The monoisotopic (exact) mass is 477 g/mol. The van der Waals surface area contributed by atoms with E-state index in [4.69, 9.17) is 23.2 Å². The van der Waals surface area contributed by atoms with Gasteiger partial charge in [-0.05, 0) is 48.7 Å². The fourth-order valence-corrected chi connectivity index (χ4v) is 4.60. The molecule has 160 valence electrons. The second-order valence-corrected chi connectivity index (χ2v) is 8.82. The van der Waals surface area contributed by atoms with Crippen LogP contribution >= 0.6 is 35.0 Å². The number of anilines is 1. The fourth-order valence-electron chi connectivity index (χ4n) is 3.38. The Morgan fingerprint density at radius 3 is 2.58 bits per heavy atom. The van der Waals surface area contributed by atoms with Crippen LogP contribution in [0.5, 0.6) is 0 Å². The molecule has 2 aliphatic heterocycles. The van der Waals surface area contributed by atoms with Crippen LogP contribution in [0.25, 0.3) is 6.08 Å². The molecule has 1 fully saturated rings. The van der Waals surface area contributed by atoms with Gasteiger partial charge in [-0.2, -0.15) is 0 Å². The highest BCUT2D eigenvalue weighted by atomic mass is 35.5. The summed E-state index contributed by atoms with van der Waals surface area (Å²) in [5.74, 6) is -0.928. The third-order valence-electron chi connectivity index (χ3n) is 4.95. The minimum Gasteiger partial charge on any atom is -0.342 e. The van der Waals surface area contributed by atoms with E-state index in [-0.39, 0.29) is 28.2 Å². The van der Waals surface area contributed by atoms with Gasteiger partial charge in [-0.3, -0.25) is 14.5 Å². The van der Waals surface area contributed by atoms with Crippen LogP contribution in [0, 0.1) is 5.82 Å². The maximum absolute atomic E-state index is 14.5. The number of para-hydroxylation sites is 1. The first kappa shape index (κ1) is 21.9. The molecule has 0 unspecified atom stereocenters. The van der Waals surface area contributed by atoms with Gasteiger partial charge in [0.05, 0.1) is 21.5 Å². The third-order valence-corrected chi connectivity index (χ3v) is 6.62. The Morgan fingerprint density at radius 1 is 1.13 bits per heavy atom. The molecule has 0 atom stereocenters. The number of amides is 2. The van der Waals surface area contributed by atoms with Gasteiger partial charge in [0, 0.05) is 13.1 Å². The lowest BCUT2D eigenvalue weighted by Gasteiger charge is -2.19. The van der Waals surface area contributed by atoms with Crippen LogP contribution in [0.2, 0.25) is 10.0 Å². The first-order valence-corrected chi connectivity index (χ1v) is 11.4. The Balaban J connectivity index is 1.64. The molecular weight excluding hydrogens is 460 g/mol. The molecule has 2 aromatic rings. The SMILES string of the molecule is O=C(CSC1=N/C(=C/c2ccc(Cl)c(Cl)c2)C(=O)N1c1ccccc1F)N1CCCC1. The van der Waals surface area contributed by atoms with Crippen LogP contribution < -0.4 is 4.90 Å². The molecule has 2 aromatic carbocycles. The van der Waals surface area contributed by atoms with Gasteiger partial charge < -0.3 is 4.90 Å². The first-order valence-electron chi connectivity index (χ1n) is 9.69. The fraction of sp³-hybridized carbons (Fsp3) is 0.227. The second kappa shape index (κ2) is 9.42. The molecule has 2 amide bonds. The van der Waals surface area contributed by atoms with Crippen molar-refractivity contribution in [1.82, 2.24) is 4.90 Å². The normalized spacial score (nSPS) is 17.6. The van der Waals surface area contributed by atoms with Crippen LogP contribution in [-0.2, 0) is 9.59 Å². The molecule has 5 nitrogen and oxygen atoms in total. The first-order chi connectivity index (χ1) is 14.9. The average Bonchev–Trinajstić information content (AvgIpc) is 3.39. The number of amidine groups is 1. The van der Waals surface area contributed by atoms with Crippen LogP contribution in [0.15, 0.2) is 53.2 Å². The third kappa shape index (κ3) is 4.79. The van der Waals surface area contributed by atoms with E-state index >= 15 is 0 Å². The maximum atomic E-state index is 14.5. The number of aliphatic imine (C=N–C) groups is 1. The van der Waals surface area contributed by atoms with Gasteiger partial charge in [-0.15, -0.1) is 0 Å². The number of hydrogen-bond acceptors (Lipinski definition) is 4. The Bertz CT molecular complexity index is 1100. The van der Waals surface area contributed by atoms with Crippen molar-refractivity contribution < 1.29 is 14.0 Å². The van der Waals surface area contributed by atoms with E-state index in [1.54, 1.807) is 41.3 Å². The summed E-state index contributed by atoms with van der Waals surface area (Å²) in [6, 6.07) is 10.9. The summed E-state index contributed by atoms with van der Waals surface area (Å²) < 4.78 is 14.5. The largest absolute Gasteiger partial charge is 0.342 e. The van der Waals surface area contributed by atoms with Crippen LogP contribution in [0.4, 0.5) is 10.1 Å². The van der Waals surface area contributed by atoms with Gasteiger partial charge >= 0.3 is 0 Å². The lowest BCUT2D eigenvalue weighted by molar-refractivity contribution is -0.127. The van der Waals surface area contributed by atoms with E-state index in [0.29, 0.717) is 15.6 Å². The van der Waals surface area contributed by atoms with Crippen molar-refractivity contribution in [3.05, 3.63) is 69.6 Å². The predicted molar refractivity (Wildman–Crippen MR) is 124 cm³/mol. The molecule has 0 bridgehead atoms. The maximum Gasteiger partial charge on any atom is 0.283 e. The van der Waals surface area contributed by atoms with Gasteiger partial charge in [0.15, 0.2) is 5.17 Å². The number of nitrogens with zero attached hydrogens (tertiary/aromatic N) is 3. The number of benzene rings is 2. The van der Waals surface area contributed by atoms with Crippen LogP contribution in [0.3, 0.4) is 0 Å². The van der Waals surface area contributed by atoms with E-state index in [2.05, 4.69) is 4.99 Å². The van der Waals surface area contributed by atoms with Crippen molar-refractivity contribution in [2.75, 3.05) is 23.7 Å². The lowest BCUT2D eigenvalue weighted by atomic mass is 10.2. The highest BCUT2D eigenvalue weighted by molar-refractivity contribution is 8.14. The van der Waals surface area contributed by atoms with Crippen molar-refractivity contribution in [1.29, 1.82) is 0 Å².